The summed E-state index contributed by atoms with van der Waals surface area (Å²) in [5.41, 5.74) is 4.43. The molecule has 3 aromatic carbocycles. The second kappa shape index (κ2) is 8.82. The summed E-state index contributed by atoms with van der Waals surface area (Å²) >= 11 is 0. The first kappa shape index (κ1) is 19.7. The average molecular weight is 399 g/mol. The molecular weight excluding hydrogens is 374 g/mol. The third-order valence-corrected chi connectivity index (χ3v) is 5.15. The standard InChI is InChI=1S/C25H25N3O2/c1-18-10-6-7-11-20(18)16-28-23-15-9-8-14-22(23)27-25(28)19(2)26-24(29)17-30-21-12-4-3-5-13-21/h3-15,19H,16-17H2,1-2H3,(H,26,29)/t19-/m1/s1. The minimum atomic E-state index is -0.256. The van der Waals surface area contributed by atoms with Gasteiger partial charge in [-0.2, -0.15) is 0 Å². The van der Waals surface area contributed by atoms with Gasteiger partial charge in [-0.15, -0.1) is 0 Å². The fourth-order valence-electron chi connectivity index (χ4n) is 3.56. The highest BCUT2D eigenvalue weighted by Crippen LogP contribution is 2.23. The number of carbonyl (C=O) groups is 1. The molecule has 1 N–H and O–H groups in total. The first-order valence-corrected chi connectivity index (χ1v) is 10.1. The zero-order valence-corrected chi connectivity index (χ0v) is 17.2. The van der Waals surface area contributed by atoms with Crippen molar-refractivity contribution in [2.45, 2.75) is 26.4 Å². The predicted octanol–water partition coefficient (Wildman–Crippen LogP) is 4.65. The van der Waals surface area contributed by atoms with Crippen LogP contribution in [0.3, 0.4) is 0 Å². The van der Waals surface area contributed by atoms with Crippen LogP contribution in [-0.4, -0.2) is 22.1 Å². The molecule has 5 heteroatoms. The lowest BCUT2D eigenvalue weighted by molar-refractivity contribution is -0.123. The van der Waals surface area contributed by atoms with Crippen molar-refractivity contribution < 1.29 is 9.53 Å². The van der Waals surface area contributed by atoms with Gasteiger partial charge < -0.3 is 14.6 Å². The Morgan fingerprint density at radius 2 is 1.70 bits per heavy atom. The lowest BCUT2D eigenvalue weighted by Crippen LogP contribution is -2.32. The summed E-state index contributed by atoms with van der Waals surface area (Å²) in [4.78, 5) is 17.3. The van der Waals surface area contributed by atoms with Crippen molar-refractivity contribution in [1.29, 1.82) is 0 Å². The number of fused-ring (bicyclic) bond motifs is 1. The summed E-state index contributed by atoms with van der Waals surface area (Å²) in [7, 11) is 0. The summed E-state index contributed by atoms with van der Waals surface area (Å²) in [5.74, 6) is 1.32. The quantitative estimate of drug-likeness (QED) is 0.492. The van der Waals surface area contributed by atoms with E-state index in [4.69, 9.17) is 9.72 Å². The van der Waals surface area contributed by atoms with Gasteiger partial charge >= 0.3 is 0 Å². The molecule has 1 aromatic heterocycles. The Hall–Kier alpha value is -3.60. The second-order valence-electron chi connectivity index (χ2n) is 7.36. The van der Waals surface area contributed by atoms with Crippen molar-refractivity contribution in [2.75, 3.05) is 6.61 Å². The van der Waals surface area contributed by atoms with Crippen LogP contribution in [0.5, 0.6) is 5.75 Å². The first-order chi connectivity index (χ1) is 14.6. The van der Waals surface area contributed by atoms with E-state index in [1.807, 2.05) is 67.6 Å². The molecule has 0 aliphatic heterocycles. The number of nitrogens with one attached hydrogen (secondary N) is 1. The van der Waals surface area contributed by atoms with Crippen LogP contribution in [-0.2, 0) is 11.3 Å². The molecule has 0 aliphatic rings. The van der Waals surface area contributed by atoms with E-state index in [9.17, 15) is 4.79 Å². The van der Waals surface area contributed by atoms with Gasteiger partial charge in [-0.25, -0.2) is 4.98 Å². The smallest absolute Gasteiger partial charge is 0.258 e. The number of aryl methyl sites for hydroxylation is 1. The Morgan fingerprint density at radius 3 is 2.50 bits per heavy atom. The number of aromatic nitrogens is 2. The molecule has 0 saturated heterocycles. The fourth-order valence-corrected chi connectivity index (χ4v) is 3.56. The van der Waals surface area contributed by atoms with Crippen molar-refractivity contribution in [2.24, 2.45) is 0 Å². The number of benzene rings is 3. The molecule has 0 aliphatic carbocycles. The van der Waals surface area contributed by atoms with Gasteiger partial charge in [0.2, 0.25) is 0 Å². The van der Waals surface area contributed by atoms with E-state index in [1.54, 1.807) is 0 Å². The minimum Gasteiger partial charge on any atom is -0.484 e. The molecule has 1 atom stereocenters. The van der Waals surface area contributed by atoms with Crippen molar-refractivity contribution in [3.8, 4) is 5.75 Å². The average Bonchev–Trinajstić information content (AvgIpc) is 3.13. The zero-order chi connectivity index (χ0) is 20.9. The van der Waals surface area contributed by atoms with Gasteiger partial charge in [0, 0.05) is 6.54 Å². The molecule has 152 valence electrons. The van der Waals surface area contributed by atoms with Gasteiger partial charge in [0.05, 0.1) is 17.1 Å². The van der Waals surface area contributed by atoms with E-state index in [0.29, 0.717) is 12.3 Å². The molecule has 5 nitrogen and oxygen atoms in total. The topological polar surface area (TPSA) is 56.2 Å². The van der Waals surface area contributed by atoms with E-state index in [2.05, 4.69) is 35.0 Å². The molecule has 0 spiro atoms. The molecule has 0 radical (unpaired) electrons. The number of rotatable bonds is 7. The van der Waals surface area contributed by atoms with E-state index in [-0.39, 0.29) is 18.6 Å². The maximum Gasteiger partial charge on any atom is 0.258 e. The fraction of sp³-hybridized carbons (Fsp3) is 0.200. The van der Waals surface area contributed by atoms with Crippen molar-refractivity contribution in [3.63, 3.8) is 0 Å². The van der Waals surface area contributed by atoms with E-state index in [1.165, 1.54) is 11.1 Å². The lowest BCUT2D eigenvalue weighted by atomic mass is 10.1. The molecule has 4 aromatic rings. The number of nitrogens with zero attached hydrogens (tertiary/aromatic N) is 2. The molecule has 0 bridgehead atoms. The highest BCUT2D eigenvalue weighted by Gasteiger charge is 2.19. The second-order valence-corrected chi connectivity index (χ2v) is 7.36. The van der Waals surface area contributed by atoms with E-state index < -0.39 is 0 Å². The van der Waals surface area contributed by atoms with Crippen molar-refractivity contribution in [1.82, 2.24) is 14.9 Å². The monoisotopic (exact) mass is 399 g/mol. The minimum absolute atomic E-state index is 0.0353. The van der Waals surface area contributed by atoms with Crippen LogP contribution in [0.25, 0.3) is 11.0 Å². The number of hydrogen-bond acceptors (Lipinski definition) is 3. The number of para-hydroxylation sites is 3. The highest BCUT2D eigenvalue weighted by molar-refractivity contribution is 5.79. The number of imidazole rings is 1. The first-order valence-electron chi connectivity index (χ1n) is 10.1. The van der Waals surface area contributed by atoms with Gasteiger partial charge in [-0.3, -0.25) is 4.79 Å². The van der Waals surface area contributed by atoms with Gasteiger partial charge in [-0.05, 0) is 49.2 Å². The van der Waals surface area contributed by atoms with Crippen LogP contribution in [0.2, 0.25) is 0 Å². The van der Waals surface area contributed by atoms with Crippen LogP contribution in [0, 0.1) is 6.92 Å². The van der Waals surface area contributed by atoms with Gasteiger partial charge in [-0.1, -0.05) is 54.6 Å². The van der Waals surface area contributed by atoms with Crippen LogP contribution in [0.1, 0.15) is 29.9 Å². The Bertz CT molecular complexity index is 1150. The third-order valence-electron chi connectivity index (χ3n) is 5.15. The van der Waals surface area contributed by atoms with E-state index in [0.717, 1.165) is 16.9 Å². The van der Waals surface area contributed by atoms with E-state index >= 15 is 0 Å². The Kier molecular flexibility index (Phi) is 5.80. The molecule has 0 saturated carbocycles. The largest absolute Gasteiger partial charge is 0.484 e. The highest BCUT2D eigenvalue weighted by atomic mass is 16.5. The predicted molar refractivity (Wildman–Crippen MR) is 119 cm³/mol. The molecular formula is C25H25N3O2. The number of hydrogen-bond donors (Lipinski definition) is 1. The van der Waals surface area contributed by atoms with Crippen molar-refractivity contribution >= 4 is 16.9 Å². The van der Waals surface area contributed by atoms with Crippen LogP contribution >= 0.6 is 0 Å². The number of amides is 1. The van der Waals surface area contributed by atoms with Crippen LogP contribution in [0.4, 0.5) is 0 Å². The molecule has 1 amide bonds. The van der Waals surface area contributed by atoms with Crippen LogP contribution in [0.15, 0.2) is 78.9 Å². The van der Waals surface area contributed by atoms with Gasteiger partial charge in [0.25, 0.3) is 5.91 Å². The molecule has 0 unspecified atom stereocenters. The third kappa shape index (κ3) is 4.35. The summed E-state index contributed by atoms with van der Waals surface area (Å²) < 4.78 is 7.75. The SMILES string of the molecule is Cc1ccccc1Cn1c([C@@H](C)NC(=O)COc2ccccc2)nc2ccccc21. The Balaban J connectivity index is 1.55. The van der Waals surface area contributed by atoms with Crippen LogP contribution < -0.4 is 10.1 Å². The molecule has 0 fully saturated rings. The number of ether oxygens (including phenoxy) is 1. The maximum absolute atomic E-state index is 12.5. The zero-order valence-electron chi connectivity index (χ0n) is 17.2. The molecule has 30 heavy (non-hydrogen) atoms. The Morgan fingerprint density at radius 1 is 1.00 bits per heavy atom. The summed E-state index contributed by atoms with van der Waals surface area (Å²) in [6, 6.07) is 25.5. The summed E-state index contributed by atoms with van der Waals surface area (Å²) in [5, 5.41) is 3.02. The van der Waals surface area contributed by atoms with Crippen molar-refractivity contribution in [3.05, 3.63) is 95.8 Å². The normalized spacial score (nSPS) is 11.9. The lowest BCUT2D eigenvalue weighted by Gasteiger charge is -2.17. The number of carbonyl (C=O) groups excluding carboxylic acids is 1. The maximum atomic E-state index is 12.5. The summed E-state index contributed by atoms with van der Waals surface area (Å²) in [6.45, 7) is 4.73. The van der Waals surface area contributed by atoms with Gasteiger partial charge in [0.15, 0.2) is 6.61 Å². The Labute approximate surface area is 176 Å². The molecule has 4 rings (SSSR count). The molecule has 1 heterocycles. The van der Waals surface area contributed by atoms with Gasteiger partial charge in [0.1, 0.15) is 11.6 Å². The summed E-state index contributed by atoms with van der Waals surface area (Å²) in [6.07, 6.45) is 0.